The third-order valence-corrected chi connectivity index (χ3v) is 1.95. The number of hydrogen-bond donors (Lipinski definition) is 2. The molecule has 0 heterocycles. The lowest BCUT2D eigenvalue weighted by molar-refractivity contribution is -0.121. The van der Waals surface area contributed by atoms with Crippen LogP contribution in [0.3, 0.4) is 0 Å². The molecule has 0 atom stereocenters. The molecule has 4 nitrogen and oxygen atoms in total. The molecule has 0 saturated carbocycles. The number of benzene rings is 1. The second kappa shape index (κ2) is 6.50. The fourth-order valence-corrected chi connectivity index (χ4v) is 1.14. The van der Waals surface area contributed by atoms with E-state index in [0.717, 1.165) is 0 Å². The van der Waals surface area contributed by atoms with Crippen molar-refractivity contribution in [2.24, 2.45) is 0 Å². The van der Waals surface area contributed by atoms with Gasteiger partial charge in [-0.05, 0) is 12.1 Å². The Labute approximate surface area is 95.1 Å². The number of nitrogens with two attached hydrogens (primary N) is 1. The average Bonchev–Trinajstić information content (AvgIpc) is 2.29. The SMILES string of the molecule is C=CCNC(=O)CCOc1ccccc1N. The molecule has 0 radical (unpaired) electrons. The van der Waals surface area contributed by atoms with Crippen molar-refractivity contribution in [3.63, 3.8) is 0 Å². The first kappa shape index (κ1) is 12.1. The number of ether oxygens (including phenoxy) is 1. The third-order valence-electron chi connectivity index (χ3n) is 1.95. The Hall–Kier alpha value is -1.97. The van der Waals surface area contributed by atoms with Crippen molar-refractivity contribution in [2.75, 3.05) is 18.9 Å². The summed E-state index contributed by atoms with van der Waals surface area (Å²) in [5, 5.41) is 2.66. The van der Waals surface area contributed by atoms with Crippen molar-refractivity contribution >= 4 is 11.6 Å². The minimum Gasteiger partial charge on any atom is -0.491 e. The van der Waals surface area contributed by atoms with Crippen LogP contribution in [0.1, 0.15) is 6.42 Å². The lowest BCUT2D eigenvalue weighted by atomic mass is 10.3. The van der Waals surface area contributed by atoms with Crippen LogP contribution in [0.4, 0.5) is 5.69 Å². The van der Waals surface area contributed by atoms with Gasteiger partial charge in [0, 0.05) is 6.54 Å². The van der Waals surface area contributed by atoms with Gasteiger partial charge in [0.1, 0.15) is 5.75 Å². The van der Waals surface area contributed by atoms with Crippen molar-refractivity contribution in [1.82, 2.24) is 5.32 Å². The van der Waals surface area contributed by atoms with Gasteiger partial charge >= 0.3 is 0 Å². The van der Waals surface area contributed by atoms with Crippen molar-refractivity contribution in [1.29, 1.82) is 0 Å². The van der Waals surface area contributed by atoms with Crippen LogP contribution < -0.4 is 15.8 Å². The first-order chi connectivity index (χ1) is 7.74. The van der Waals surface area contributed by atoms with E-state index in [-0.39, 0.29) is 5.91 Å². The number of anilines is 1. The molecule has 0 aromatic heterocycles. The standard InChI is InChI=1S/C12H16N2O2/c1-2-8-14-12(15)7-9-16-11-6-4-3-5-10(11)13/h2-6H,1,7-9,13H2,(H,14,15). The van der Waals surface area contributed by atoms with Crippen LogP contribution in [0.2, 0.25) is 0 Å². The van der Waals surface area contributed by atoms with E-state index in [1.165, 1.54) is 0 Å². The van der Waals surface area contributed by atoms with E-state index in [1.807, 2.05) is 12.1 Å². The van der Waals surface area contributed by atoms with E-state index in [4.69, 9.17) is 10.5 Å². The zero-order chi connectivity index (χ0) is 11.8. The number of para-hydroxylation sites is 2. The molecule has 0 aliphatic heterocycles. The molecule has 1 aromatic carbocycles. The van der Waals surface area contributed by atoms with Crippen LogP contribution in [-0.4, -0.2) is 19.1 Å². The quantitative estimate of drug-likeness (QED) is 0.561. The summed E-state index contributed by atoms with van der Waals surface area (Å²) in [6.45, 7) is 4.30. The summed E-state index contributed by atoms with van der Waals surface area (Å²) < 4.78 is 5.38. The molecule has 0 spiro atoms. The minimum atomic E-state index is -0.0607. The molecule has 1 rings (SSSR count). The van der Waals surface area contributed by atoms with E-state index in [9.17, 15) is 4.79 Å². The number of hydrogen-bond acceptors (Lipinski definition) is 3. The van der Waals surface area contributed by atoms with E-state index in [1.54, 1.807) is 18.2 Å². The average molecular weight is 220 g/mol. The highest BCUT2D eigenvalue weighted by Crippen LogP contribution is 2.19. The molecule has 1 aromatic rings. The first-order valence-electron chi connectivity index (χ1n) is 5.09. The minimum absolute atomic E-state index is 0.0607. The molecular formula is C12H16N2O2. The van der Waals surface area contributed by atoms with Gasteiger partial charge in [-0.3, -0.25) is 4.79 Å². The summed E-state index contributed by atoms with van der Waals surface area (Å²) in [6.07, 6.45) is 1.94. The van der Waals surface area contributed by atoms with Gasteiger partial charge in [-0.25, -0.2) is 0 Å². The van der Waals surface area contributed by atoms with Gasteiger partial charge in [-0.2, -0.15) is 0 Å². The van der Waals surface area contributed by atoms with Crippen LogP contribution in [0.25, 0.3) is 0 Å². The molecule has 3 N–H and O–H groups in total. The Morgan fingerprint density at radius 1 is 1.50 bits per heavy atom. The van der Waals surface area contributed by atoms with Crippen LogP contribution in [-0.2, 0) is 4.79 Å². The fourth-order valence-electron chi connectivity index (χ4n) is 1.14. The summed E-state index contributed by atoms with van der Waals surface area (Å²) in [7, 11) is 0. The molecule has 1 amide bonds. The number of carbonyl (C=O) groups is 1. The van der Waals surface area contributed by atoms with Crippen molar-refractivity contribution in [2.45, 2.75) is 6.42 Å². The molecule has 86 valence electrons. The van der Waals surface area contributed by atoms with Crippen LogP contribution in [0.5, 0.6) is 5.75 Å². The Bertz CT molecular complexity index is 364. The van der Waals surface area contributed by atoms with Crippen LogP contribution >= 0.6 is 0 Å². The summed E-state index contributed by atoms with van der Waals surface area (Å²) >= 11 is 0. The Morgan fingerprint density at radius 2 is 2.25 bits per heavy atom. The number of rotatable bonds is 6. The number of nitrogen functional groups attached to an aromatic ring is 1. The van der Waals surface area contributed by atoms with Gasteiger partial charge in [-0.1, -0.05) is 18.2 Å². The maximum atomic E-state index is 11.2. The molecule has 0 aliphatic carbocycles. The van der Waals surface area contributed by atoms with Gasteiger partial charge < -0.3 is 15.8 Å². The second-order valence-corrected chi connectivity index (χ2v) is 3.23. The second-order valence-electron chi connectivity index (χ2n) is 3.23. The van der Waals surface area contributed by atoms with Gasteiger partial charge in [0.15, 0.2) is 0 Å². The lowest BCUT2D eigenvalue weighted by Crippen LogP contribution is -2.24. The first-order valence-corrected chi connectivity index (χ1v) is 5.09. The molecular weight excluding hydrogens is 204 g/mol. The Morgan fingerprint density at radius 3 is 2.94 bits per heavy atom. The summed E-state index contributed by atoms with van der Waals surface area (Å²) in [4.78, 5) is 11.2. The number of amides is 1. The molecule has 0 aliphatic rings. The lowest BCUT2D eigenvalue weighted by Gasteiger charge is -2.08. The van der Waals surface area contributed by atoms with Crippen LogP contribution in [0.15, 0.2) is 36.9 Å². The highest BCUT2D eigenvalue weighted by molar-refractivity contribution is 5.76. The Balaban J connectivity index is 2.28. The highest BCUT2D eigenvalue weighted by Gasteiger charge is 2.02. The largest absolute Gasteiger partial charge is 0.491 e. The monoisotopic (exact) mass is 220 g/mol. The van der Waals surface area contributed by atoms with Gasteiger partial charge in [0.25, 0.3) is 0 Å². The molecule has 0 saturated heterocycles. The van der Waals surface area contributed by atoms with Gasteiger partial charge in [-0.15, -0.1) is 6.58 Å². The van der Waals surface area contributed by atoms with E-state index >= 15 is 0 Å². The predicted molar refractivity (Wildman–Crippen MR) is 64.2 cm³/mol. The highest BCUT2D eigenvalue weighted by atomic mass is 16.5. The predicted octanol–water partition coefficient (Wildman–Crippen LogP) is 1.34. The maximum Gasteiger partial charge on any atom is 0.223 e. The van der Waals surface area contributed by atoms with Crippen LogP contribution in [0, 0.1) is 0 Å². The number of nitrogens with one attached hydrogen (secondary N) is 1. The van der Waals surface area contributed by atoms with E-state index < -0.39 is 0 Å². The van der Waals surface area contributed by atoms with E-state index in [0.29, 0.717) is 31.0 Å². The summed E-state index contributed by atoms with van der Waals surface area (Å²) in [5.74, 6) is 0.549. The zero-order valence-electron chi connectivity index (χ0n) is 9.11. The summed E-state index contributed by atoms with van der Waals surface area (Å²) in [6, 6.07) is 7.20. The topological polar surface area (TPSA) is 64.3 Å². The molecule has 0 fully saturated rings. The third kappa shape index (κ3) is 4.04. The molecule has 0 bridgehead atoms. The Kier molecular flexibility index (Phi) is 4.92. The fraction of sp³-hybridized carbons (Fsp3) is 0.250. The normalized spacial score (nSPS) is 9.50. The van der Waals surface area contributed by atoms with Crippen molar-refractivity contribution in [3.05, 3.63) is 36.9 Å². The smallest absolute Gasteiger partial charge is 0.223 e. The van der Waals surface area contributed by atoms with Gasteiger partial charge in [0.2, 0.25) is 5.91 Å². The zero-order valence-corrected chi connectivity index (χ0v) is 9.11. The van der Waals surface area contributed by atoms with Crippen molar-refractivity contribution < 1.29 is 9.53 Å². The molecule has 0 unspecified atom stereocenters. The molecule has 16 heavy (non-hydrogen) atoms. The van der Waals surface area contributed by atoms with Crippen molar-refractivity contribution in [3.8, 4) is 5.75 Å². The molecule has 4 heteroatoms. The van der Waals surface area contributed by atoms with E-state index in [2.05, 4.69) is 11.9 Å². The summed E-state index contributed by atoms with van der Waals surface area (Å²) in [5.41, 5.74) is 6.26. The number of carbonyl (C=O) groups excluding carboxylic acids is 1. The van der Waals surface area contributed by atoms with Gasteiger partial charge in [0.05, 0.1) is 18.7 Å². The maximum absolute atomic E-state index is 11.2.